The Labute approximate surface area is 153 Å². The maximum absolute atomic E-state index is 13.8. The molecule has 0 saturated carbocycles. The molecule has 0 spiro atoms. The van der Waals surface area contributed by atoms with Crippen LogP contribution in [-0.4, -0.2) is 27.7 Å². The normalized spacial score (nSPS) is 10.4. The van der Waals surface area contributed by atoms with Crippen molar-refractivity contribution in [1.82, 2.24) is 4.98 Å². The Morgan fingerprint density at radius 2 is 2.09 bits per heavy atom. The minimum atomic E-state index is -1.17. The first kappa shape index (κ1) is 17.8. The second kappa shape index (κ2) is 7.37. The molecular formula is C13H8Cl2FIN2O4. The van der Waals surface area contributed by atoms with E-state index in [4.69, 9.17) is 33.0 Å². The van der Waals surface area contributed by atoms with E-state index in [1.165, 1.54) is 18.2 Å². The van der Waals surface area contributed by atoms with Gasteiger partial charge in [0.05, 0.1) is 3.57 Å². The van der Waals surface area contributed by atoms with E-state index >= 15 is 0 Å². The first-order valence-electron chi connectivity index (χ1n) is 5.96. The first-order valence-corrected chi connectivity index (χ1v) is 7.79. The topological polar surface area (TPSA) is 91.7 Å². The number of anilines is 1. The van der Waals surface area contributed by atoms with Crippen LogP contribution in [-0.2, 0) is 4.79 Å². The Balaban J connectivity index is 2.39. The molecule has 1 heterocycles. The van der Waals surface area contributed by atoms with Crippen molar-refractivity contribution in [3.05, 3.63) is 37.8 Å². The second-order valence-corrected chi connectivity index (χ2v) is 6.09. The summed E-state index contributed by atoms with van der Waals surface area (Å²) in [5.74, 6) is -2.35. The lowest BCUT2D eigenvalue weighted by atomic mass is 10.3. The summed E-state index contributed by atoms with van der Waals surface area (Å²) in [4.78, 5) is 14.0. The number of carboxylic acid groups (broad SMARTS) is 1. The van der Waals surface area contributed by atoms with Crippen LogP contribution < -0.4 is 10.1 Å². The molecule has 0 atom stereocenters. The van der Waals surface area contributed by atoms with Crippen molar-refractivity contribution in [3.8, 4) is 17.2 Å². The average Bonchev–Trinajstić information content (AvgIpc) is 2.49. The first-order chi connectivity index (χ1) is 10.8. The summed E-state index contributed by atoms with van der Waals surface area (Å²) in [6, 6.07) is 4.32. The Bertz CT molecular complexity index is 776. The SMILES string of the molecule is O=C(O)CNc1nc(F)c(Cl)c(Oc2ccc(O)c(I)c2)c1Cl. The summed E-state index contributed by atoms with van der Waals surface area (Å²) in [6.45, 7) is -0.510. The molecule has 3 N–H and O–H groups in total. The van der Waals surface area contributed by atoms with Crippen LogP contribution in [0.25, 0.3) is 0 Å². The minimum absolute atomic E-state index is 0.0554. The van der Waals surface area contributed by atoms with Gasteiger partial charge in [0, 0.05) is 0 Å². The number of aliphatic carboxylic acids is 1. The predicted octanol–water partition coefficient (Wildman–Crippen LogP) is 4.13. The molecule has 0 unspecified atom stereocenters. The molecule has 6 nitrogen and oxygen atoms in total. The molecule has 2 aromatic rings. The van der Waals surface area contributed by atoms with Crippen LogP contribution in [0.15, 0.2) is 18.2 Å². The number of nitrogens with zero attached hydrogens (tertiary/aromatic N) is 1. The number of carbonyl (C=O) groups is 1. The van der Waals surface area contributed by atoms with Gasteiger partial charge < -0.3 is 20.3 Å². The van der Waals surface area contributed by atoms with Gasteiger partial charge >= 0.3 is 5.97 Å². The smallest absolute Gasteiger partial charge is 0.322 e. The van der Waals surface area contributed by atoms with Gasteiger partial charge in [0.2, 0.25) is 5.95 Å². The molecule has 23 heavy (non-hydrogen) atoms. The quantitative estimate of drug-likeness (QED) is 0.447. The summed E-state index contributed by atoms with van der Waals surface area (Å²) < 4.78 is 19.7. The highest BCUT2D eigenvalue weighted by Crippen LogP contribution is 2.41. The molecule has 122 valence electrons. The van der Waals surface area contributed by atoms with Crippen molar-refractivity contribution in [3.63, 3.8) is 0 Å². The van der Waals surface area contributed by atoms with Crippen molar-refractivity contribution in [2.75, 3.05) is 11.9 Å². The van der Waals surface area contributed by atoms with Crippen molar-refractivity contribution < 1.29 is 24.1 Å². The fourth-order valence-corrected chi connectivity index (χ4v) is 2.48. The standard InChI is InChI=1S/C13H8Cl2FIN2O4/c14-9-11(23-5-1-2-7(20)6(17)3-5)10(15)13(19-12(9)16)18-4-8(21)22/h1-3,20H,4H2,(H,18,19)(H,21,22). The molecule has 10 heteroatoms. The third-order valence-corrected chi connectivity index (χ3v) is 4.09. The van der Waals surface area contributed by atoms with E-state index in [0.29, 0.717) is 3.57 Å². The van der Waals surface area contributed by atoms with E-state index in [-0.39, 0.29) is 28.1 Å². The van der Waals surface area contributed by atoms with Crippen LogP contribution >= 0.6 is 45.8 Å². The summed E-state index contributed by atoms with van der Waals surface area (Å²) in [5, 5.41) is 19.9. The van der Waals surface area contributed by atoms with Crippen LogP contribution in [0.5, 0.6) is 17.2 Å². The molecule has 0 bridgehead atoms. The van der Waals surface area contributed by atoms with Gasteiger partial charge in [0.15, 0.2) is 11.6 Å². The number of aromatic hydroxyl groups is 1. The number of hydrogen-bond acceptors (Lipinski definition) is 5. The average molecular weight is 473 g/mol. The summed E-state index contributed by atoms with van der Waals surface area (Å²) in [5.41, 5.74) is 0. The van der Waals surface area contributed by atoms with E-state index in [9.17, 15) is 14.3 Å². The number of pyridine rings is 1. The van der Waals surface area contributed by atoms with Gasteiger partial charge in [0.1, 0.15) is 28.1 Å². The lowest BCUT2D eigenvalue weighted by molar-refractivity contribution is -0.134. The number of phenols is 1. The maximum atomic E-state index is 13.8. The number of hydrogen-bond donors (Lipinski definition) is 3. The van der Waals surface area contributed by atoms with Gasteiger partial charge in [-0.2, -0.15) is 9.37 Å². The number of halogens is 4. The predicted molar refractivity (Wildman–Crippen MR) is 91.2 cm³/mol. The van der Waals surface area contributed by atoms with Crippen molar-refractivity contribution >= 4 is 57.6 Å². The molecule has 0 amide bonds. The fraction of sp³-hybridized carbons (Fsp3) is 0.0769. The number of carboxylic acids is 1. The highest BCUT2D eigenvalue weighted by Gasteiger charge is 2.20. The third kappa shape index (κ3) is 4.27. The molecule has 0 aliphatic rings. The zero-order valence-electron chi connectivity index (χ0n) is 11.1. The number of phenolic OH excluding ortho intramolecular Hbond substituents is 1. The highest BCUT2D eigenvalue weighted by molar-refractivity contribution is 14.1. The number of aromatic nitrogens is 1. The third-order valence-electron chi connectivity index (χ3n) is 2.54. The van der Waals surface area contributed by atoms with E-state index in [0.717, 1.165) is 0 Å². The summed E-state index contributed by atoms with van der Waals surface area (Å²) >= 11 is 13.7. The molecule has 0 saturated heterocycles. The minimum Gasteiger partial charge on any atom is -0.507 e. The molecule has 0 aliphatic heterocycles. The zero-order chi connectivity index (χ0) is 17.1. The Morgan fingerprint density at radius 1 is 1.39 bits per heavy atom. The molecule has 0 aliphatic carbocycles. The molecule has 0 fully saturated rings. The number of nitrogens with one attached hydrogen (secondary N) is 1. The monoisotopic (exact) mass is 472 g/mol. The molecule has 1 aromatic carbocycles. The summed E-state index contributed by atoms with van der Waals surface area (Å²) in [7, 11) is 0. The van der Waals surface area contributed by atoms with E-state index in [1.54, 1.807) is 0 Å². The van der Waals surface area contributed by atoms with E-state index in [1.807, 2.05) is 22.6 Å². The van der Waals surface area contributed by atoms with Gasteiger partial charge in [-0.05, 0) is 40.8 Å². The largest absolute Gasteiger partial charge is 0.507 e. The Kier molecular flexibility index (Phi) is 5.71. The fourth-order valence-electron chi connectivity index (χ4n) is 1.53. The lowest BCUT2D eigenvalue weighted by Crippen LogP contribution is -2.14. The Hall–Kier alpha value is -1.52. The van der Waals surface area contributed by atoms with Gasteiger partial charge in [-0.1, -0.05) is 23.2 Å². The maximum Gasteiger partial charge on any atom is 0.322 e. The van der Waals surface area contributed by atoms with Crippen LogP contribution in [0.3, 0.4) is 0 Å². The summed E-state index contributed by atoms with van der Waals surface area (Å²) in [6.07, 6.45) is 0. The molecule has 2 rings (SSSR count). The van der Waals surface area contributed by atoms with Crippen molar-refractivity contribution in [2.24, 2.45) is 0 Å². The molecule has 1 aromatic heterocycles. The van der Waals surface area contributed by atoms with Crippen LogP contribution in [0.1, 0.15) is 0 Å². The number of benzene rings is 1. The van der Waals surface area contributed by atoms with Gasteiger partial charge in [-0.3, -0.25) is 4.79 Å². The van der Waals surface area contributed by atoms with Crippen molar-refractivity contribution in [2.45, 2.75) is 0 Å². The van der Waals surface area contributed by atoms with Crippen LogP contribution in [0.2, 0.25) is 10.0 Å². The van der Waals surface area contributed by atoms with Gasteiger partial charge in [0.25, 0.3) is 0 Å². The van der Waals surface area contributed by atoms with Gasteiger partial charge in [-0.25, -0.2) is 0 Å². The zero-order valence-corrected chi connectivity index (χ0v) is 14.8. The highest BCUT2D eigenvalue weighted by atomic mass is 127. The van der Waals surface area contributed by atoms with Crippen LogP contribution in [0, 0.1) is 9.52 Å². The van der Waals surface area contributed by atoms with Gasteiger partial charge in [-0.15, -0.1) is 0 Å². The Morgan fingerprint density at radius 3 is 2.70 bits per heavy atom. The molecular weight excluding hydrogens is 465 g/mol. The van der Waals surface area contributed by atoms with Crippen molar-refractivity contribution in [1.29, 1.82) is 0 Å². The van der Waals surface area contributed by atoms with Crippen LogP contribution in [0.4, 0.5) is 10.2 Å². The molecule has 0 radical (unpaired) electrons. The van der Waals surface area contributed by atoms with E-state index in [2.05, 4.69) is 10.3 Å². The second-order valence-electron chi connectivity index (χ2n) is 4.17. The number of ether oxygens (including phenoxy) is 1. The number of rotatable bonds is 5. The lowest BCUT2D eigenvalue weighted by Gasteiger charge is -2.13. The van der Waals surface area contributed by atoms with E-state index < -0.39 is 23.5 Å².